The van der Waals surface area contributed by atoms with Crippen LogP contribution in [0.1, 0.15) is 61.5 Å². The Hall–Kier alpha value is -2.93. The lowest BCUT2D eigenvalue weighted by Gasteiger charge is -2.20. The Bertz CT molecular complexity index is 1130. The molecule has 32 heavy (non-hydrogen) atoms. The summed E-state index contributed by atoms with van der Waals surface area (Å²) in [7, 11) is 0. The van der Waals surface area contributed by atoms with Crippen LogP contribution in [0.3, 0.4) is 0 Å². The number of hydrazone groups is 1. The van der Waals surface area contributed by atoms with Gasteiger partial charge in [-0.15, -0.1) is 0 Å². The van der Waals surface area contributed by atoms with Gasteiger partial charge in [-0.3, -0.25) is 10.2 Å². The van der Waals surface area contributed by atoms with E-state index in [4.69, 9.17) is 5.41 Å². The molecular weight excluding hydrogens is 418 g/mol. The van der Waals surface area contributed by atoms with Gasteiger partial charge in [0, 0.05) is 17.9 Å². The van der Waals surface area contributed by atoms with Crippen molar-refractivity contribution in [1.82, 2.24) is 9.58 Å². The molecule has 0 spiro atoms. The average molecular weight is 448 g/mol. The van der Waals surface area contributed by atoms with E-state index in [0.29, 0.717) is 5.17 Å². The van der Waals surface area contributed by atoms with Crippen molar-refractivity contribution in [2.75, 3.05) is 0 Å². The van der Waals surface area contributed by atoms with Gasteiger partial charge in [-0.1, -0.05) is 56.5 Å². The summed E-state index contributed by atoms with van der Waals surface area (Å²) in [5.41, 5.74) is 4.61. The fourth-order valence-electron chi connectivity index (χ4n) is 3.97. The lowest BCUT2D eigenvalue weighted by atomic mass is 10.1. The van der Waals surface area contributed by atoms with Crippen LogP contribution < -0.4 is 0 Å². The number of fused-ring (bicyclic) bond motifs is 1. The molecule has 0 saturated heterocycles. The van der Waals surface area contributed by atoms with Crippen LogP contribution in [0.2, 0.25) is 0 Å². The van der Waals surface area contributed by atoms with Gasteiger partial charge >= 0.3 is 0 Å². The number of unbranched alkanes of at least 4 members (excludes halogenated alkanes) is 3. The largest absolute Gasteiger partial charge is 0.344 e. The van der Waals surface area contributed by atoms with E-state index in [9.17, 15) is 4.79 Å². The molecule has 0 atom stereocenters. The van der Waals surface area contributed by atoms with Crippen molar-refractivity contribution in [3.63, 3.8) is 0 Å². The summed E-state index contributed by atoms with van der Waals surface area (Å²) in [4.78, 5) is 17.0. The molecule has 2 aromatic rings. The molecular formula is C25H29N5OS. The fourth-order valence-corrected chi connectivity index (χ4v) is 4.90. The van der Waals surface area contributed by atoms with Crippen LogP contribution in [0.5, 0.6) is 0 Å². The minimum atomic E-state index is -0.371. The summed E-state index contributed by atoms with van der Waals surface area (Å²) < 4.78 is 2.23. The number of hydrogen-bond acceptors (Lipinski definition) is 4. The van der Waals surface area contributed by atoms with Crippen LogP contribution in [-0.2, 0) is 11.3 Å². The maximum absolute atomic E-state index is 12.8. The van der Waals surface area contributed by atoms with Crippen molar-refractivity contribution in [1.29, 1.82) is 5.41 Å². The number of thioether (sulfide) groups is 1. The molecule has 0 radical (unpaired) electrons. The number of aliphatic imine (C=N–C) groups is 1. The monoisotopic (exact) mass is 447 g/mol. The summed E-state index contributed by atoms with van der Waals surface area (Å²) in [6.07, 6.45) is 7.29. The van der Waals surface area contributed by atoms with Gasteiger partial charge in [0.05, 0.1) is 5.57 Å². The van der Waals surface area contributed by atoms with Crippen LogP contribution in [0.25, 0.3) is 6.08 Å². The lowest BCUT2D eigenvalue weighted by Crippen LogP contribution is -2.35. The zero-order valence-electron chi connectivity index (χ0n) is 18.9. The Morgan fingerprint density at radius 3 is 2.66 bits per heavy atom. The quantitative estimate of drug-likeness (QED) is 0.414. The molecule has 0 bridgehead atoms. The maximum atomic E-state index is 12.8. The van der Waals surface area contributed by atoms with Crippen LogP contribution in [-0.4, -0.2) is 31.5 Å². The number of hydrogen-bond donors (Lipinski definition) is 1. The highest BCUT2D eigenvalue weighted by Gasteiger charge is 2.35. The highest BCUT2D eigenvalue weighted by molar-refractivity contribution is 8.26. The van der Waals surface area contributed by atoms with Gasteiger partial charge in [0.25, 0.3) is 5.91 Å². The summed E-state index contributed by atoms with van der Waals surface area (Å²) in [5.74, 6) is -0.270. The molecule has 1 N–H and O–H groups in total. The Kier molecular flexibility index (Phi) is 6.74. The molecule has 1 aromatic carbocycles. The van der Waals surface area contributed by atoms with E-state index in [1.807, 2.05) is 25.1 Å². The van der Waals surface area contributed by atoms with Gasteiger partial charge < -0.3 is 4.57 Å². The predicted molar refractivity (Wildman–Crippen MR) is 133 cm³/mol. The number of benzene rings is 1. The van der Waals surface area contributed by atoms with E-state index < -0.39 is 0 Å². The van der Waals surface area contributed by atoms with Crippen LogP contribution in [0, 0.1) is 19.3 Å². The maximum Gasteiger partial charge on any atom is 0.283 e. The minimum Gasteiger partial charge on any atom is -0.344 e. The van der Waals surface area contributed by atoms with E-state index in [0.717, 1.165) is 41.4 Å². The summed E-state index contributed by atoms with van der Waals surface area (Å²) in [6.45, 7) is 7.07. The molecule has 7 heteroatoms. The smallest absolute Gasteiger partial charge is 0.283 e. The second kappa shape index (κ2) is 9.69. The number of rotatable bonds is 8. The van der Waals surface area contributed by atoms with Crippen LogP contribution in [0.15, 0.2) is 52.1 Å². The zero-order valence-corrected chi connectivity index (χ0v) is 19.7. The topological polar surface area (TPSA) is 73.8 Å². The third-order valence-corrected chi connectivity index (χ3v) is 6.80. The number of amidine groups is 2. The first-order chi connectivity index (χ1) is 15.5. The molecule has 3 heterocycles. The van der Waals surface area contributed by atoms with Crippen molar-refractivity contribution in [2.24, 2.45) is 10.1 Å². The van der Waals surface area contributed by atoms with Crippen molar-refractivity contribution in [3.8, 4) is 0 Å². The molecule has 0 unspecified atom stereocenters. The van der Waals surface area contributed by atoms with E-state index >= 15 is 0 Å². The van der Waals surface area contributed by atoms with E-state index in [2.05, 4.69) is 46.7 Å². The Balaban J connectivity index is 1.55. The fraction of sp³-hybridized carbons (Fsp3) is 0.360. The normalized spacial score (nSPS) is 17.1. The molecule has 6 nitrogen and oxygen atoms in total. The van der Waals surface area contributed by atoms with E-state index in [-0.39, 0.29) is 17.3 Å². The standard InChI is InChI=1S/C25H29N5OS/c1-4-5-6-10-13-22-28-30-23(26)21(24(31)27-25(30)32-22)15-20-14-17(2)29(18(20)3)16-19-11-8-7-9-12-19/h7-9,11-12,14-15,26H,4-6,10,13,16H2,1-3H3. The van der Waals surface area contributed by atoms with Crippen molar-refractivity contribution in [2.45, 2.75) is 59.4 Å². The van der Waals surface area contributed by atoms with E-state index in [1.54, 1.807) is 6.08 Å². The molecule has 4 rings (SSSR count). The first-order valence-corrected chi connectivity index (χ1v) is 12.0. The first-order valence-electron chi connectivity index (χ1n) is 11.2. The number of aryl methyl sites for hydroxylation is 1. The molecule has 0 fully saturated rings. The second-order valence-corrected chi connectivity index (χ2v) is 9.26. The first kappa shape index (κ1) is 22.3. The molecule has 1 amide bonds. The number of amides is 1. The third-order valence-electron chi connectivity index (χ3n) is 5.84. The minimum absolute atomic E-state index is 0.101. The summed E-state index contributed by atoms with van der Waals surface area (Å²) >= 11 is 1.41. The average Bonchev–Trinajstić information content (AvgIpc) is 3.30. The zero-order chi connectivity index (χ0) is 22.7. The number of carbonyl (C=O) groups excluding carboxylic acids is 1. The number of nitrogens with zero attached hydrogens (tertiary/aromatic N) is 4. The predicted octanol–water partition coefficient (Wildman–Crippen LogP) is 5.74. The highest BCUT2D eigenvalue weighted by atomic mass is 32.2. The van der Waals surface area contributed by atoms with Crippen molar-refractivity contribution in [3.05, 3.63) is 64.5 Å². The number of nitrogens with one attached hydrogen (secondary N) is 1. The molecule has 166 valence electrons. The van der Waals surface area contributed by atoms with Gasteiger partial charge in [-0.25, -0.2) is 0 Å². The van der Waals surface area contributed by atoms with Gasteiger partial charge in [-0.05, 0) is 61.7 Å². The molecule has 0 aliphatic carbocycles. The molecule has 2 aliphatic rings. The number of carbonyl (C=O) groups is 1. The molecule has 0 saturated carbocycles. The van der Waals surface area contributed by atoms with Crippen LogP contribution >= 0.6 is 11.8 Å². The van der Waals surface area contributed by atoms with Gasteiger partial charge in [0.1, 0.15) is 5.04 Å². The van der Waals surface area contributed by atoms with Crippen molar-refractivity contribution >= 4 is 39.8 Å². The van der Waals surface area contributed by atoms with E-state index in [1.165, 1.54) is 41.6 Å². The summed E-state index contributed by atoms with van der Waals surface area (Å²) in [6, 6.07) is 12.4. The van der Waals surface area contributed by atoms with Gasteiger partial charge in [0.2, 0.25) is 5.17 Å². The SMILES string of the molecule is CCCCCCC1=NN2C(=N)C(=Cc3cc(C)n(Cc4ccccc4)c3C)C(=O)N=C2S1. The highest BCUT2D eigenvalue weighted by Crippen LogP contribution is 2.31. The van der Waals surface area contributed by atoms with Crippen molar-refractivity contribution < 1.29 is 4.79 Å². The van der Waals surface area contributed by atoms with Crippen LogP contribution in [0.4, 0.5) is 0 Å². The van der Waals surface area contributed by atoms with Gasteiger partial charge in [-0.2, -0.15) is 15.1 Å². The lowest BCUT2D eigenvalue weighted by molar-refractivity contribution is -0.114. The second-order valence-electron chi connectivity index (χ2n) is 8.22. The third kappa shape index (κ3) is 4.63. The summed E-state index contributed by atoms with van der Waals surface area (Å²) in [5, 5.41) is 16.1. The Labute approximate surface area is 193 Å². The molecule has 2 aliphatic heterocycles. The molecule has 1 aromatic heterocycles. The Morgan fingerprint density at radius 1 is 1.12 bits per heavy atom. The Morgan fingerprint density at radius 2 is 1.91 bits per heavy atom. The number of aromatic nitrogens is 1. The van der Waals surface area contributed by atoms with Gasteiger partial charge in [0.15, 0.2) is 5.84 Å².